The summed E-state index contributed by atoms with van der Waals surface area (Å²) in [4.78, 5) is 67.3. The lowest BCUT2D eigenvalue weighted by molar-refractivity contribution is -0.144. The largest absolute Gasteiger partial charge is 0.391 e. The summed E-state index contributed by atoms with van der Waals surface area (Å²) >= 11 is 9.45. The number of aliphatic hydroxyl groups is 1. The van der Waals surface area contributed by atoms with Crippen molar-refractivity contribution in [3.05, 3.63) is 104 Å². The molecule has 2 aromatic carbocycles. The maximum absolute atomic E-state index is 14.1. The zero-order valence-corrected chi connectivity index (χ0v) is 42.1. The van der Waals surface area contributed by atoms with E-state index in [-0.39, 0.29) is 63.6 Å². The van der Waals surface area contributed by atoms with Crippen LogP contribution in [-0.2, 0) is 28.7 Å². The minimum Gasteiger partial charge on any atom is -0.391 e. The van der Waals surface area contributed by atoms with Crippen LogP contribution in [-0.4, -0.2) is 117 Å². The number of aliphatic imine (C=N–C) groups is 1. The van der Waals surface area contributed by atoms with Crippen LogP contribution in [0.15, 0.2) is 59.0 Å². The molecule has 2 aliphatic rings. The molecular formula is C49H60ClN9O7S2. The van der Waals surface area contributed by atoms with Crippen molar-refractivity contribution in [1.29, 1.82) is 0 Å². The van der Waals surface area contributed by atoms with Crippen LogP contribution in [0.3, 0.4) is 0 Å². The summed E-state index contributed by atoms with van der Waals surface area (Å²) in [6.45, 7) is 16.2. The van der Waals surface area contributed by atoms with E-state index < -0.39 is 41.5 Å². The van der Waals surface area contributed by atoms with E-state index in [0.29, 0.717) is 29.7 Å². The van der Waals surface area contributed by atoms with Gasteiger partial charge in [0.05, 0.1) is 47.0 Å². The van der Waals surface area contributed by atoms with E-state index in [4.69, 9.17) is 26.1 Å². The Morgan fingerprint density at radius 3 is 2.32 bits per heavy atom. The van der Waals surface area contributed by atoms with Gasteiger partial charge in [-0.05, 0) is 75.3 Å². The van der Waals surface area contributed by atoms with Gasteiger partial charge in [-0.1, -0.05) is 68.8 Å². The summed E-state index contributed by atoms with van der Waals surface area (Å²) < 4.78 is 13.4. The Morgan fingerprint density at radius 2 is 1.63 bits per heavy atom. The Balaban J connectivity index is 0.840. The first-order chi connectivity index (χ1) is 32.4. The fraction of sp³-hybridized carbons (Fsp3) is 0.469. The van der Waals surface area contributed by atoms with Crippen molar-refractivity contribution in [2.24, 2.45) is 10.4 Å². The fourth-order valence-electron chi connectivity index (χ4n) is 8.39. The third kappa shape index (κ3) is 11.7. The average molecular weight is 987 g/mol. The SMILES string of the molecule is Cc1ncsc1-c1ccc([C@H](C)NC(=O)C2C[C@@H](O)CN2C(=O)C(NC(=O)COCCCOCCNC(=O)C[C@@H]2N=C(c3ccc(Cl)cc3)c3c(sc(C)c3C)-n3c(C)nnc32)C(C)(C)C)cc1. The summed E-state index contributed by atoms with van der Waals surface area (Å²) in [6, 6.07) is 12.6. The second-order valence-corrected chi connectivity index (χ2v) is 20.9. The number of rotatable bonds is 18. The van der Waals surface area contributed by atoms with E-state index in [2.05, 4.69) is 45.0 Å². The van der Waals surface area contributed by atoms with Crippen LogP contribution in [0.25, 0.3) is 15.4 Å². The molecule has 0 saturated carbocycles. The first kappa shape index (κ1) is 50.5. The molecule has 1 fully saturated rings. The second-order valence-electron chi connectivity index (χ2n) is 18.4. The van der Waals surface area contributed by atoms with Crippen LogP contribution in [0.4, 0.5) is 0 Å². The van der Waals surface area contributed by atoms with Gasteiger partial charge in [0.25, 0.3) is 0 Å². The van der Waals surface area contributed by atoms with E-state index in [1.807, 2.05) is 100 Å². The monoisotopic (exact) mass is 985 g/mol. The van der Waals surface area contributed by atoms with Crippen molar-refractivity contribution in [2.75, 3.05) is 39.5 Å². The highest BCUT2D eigenvalue weighted by molar-refractivity contribution is 7.15. The number of aryl methyl sites for hydroxylation is 3. The van der Waals surface area contributed by atoms with E-state index in [1.54, 1.807) is 22.7 Å². The number of thiazole rings is 1. The summed E-state index contributed by atoms with van der Waals surface area (Å²) in [7, 11) is 0. The molecule has 68 heavy (non-hydrogen) atoms. The first-order valence-electron chi connectivity index (χ1n) is 22.8. The van der Waals surface area contributed by atoms with Gasteiger partial charge in [0.2, 0.25) is 23.6 Å². The summed E-state index contributed by atoms with van der Waals surface area (Å²) in [6.07, 6.45) is -0.264. The van der Waals surface area contributed by atoms with Crippen LogP contribution in [0.2, 0.25) is 5.02 Å². The average Bonchev–Trinajstić information content (AvgIpc) is 4.07. The number of thiophene rings is 1. The van der Waals surface area contributed by atoms with Gasteiger partial charge in [-0.3, -0.25) is 28.7 Å². The van der Waals surface area contributed by atoms with E-state index in [9.17, 15) is 24.3 Å². The molecule has 0 spiro atoms. The number of amides is 4. The molecule has 0 radical (unpaired) electrons. The minimum absolute atomic E-state index is 0.0302. The summed E-state index contributed by atoms with van der Waals surface area (Å²) in [5.41, 5.74) is 7.76. The summed E-state index contributed by atoms with van der Waals surface area (Å²) in [5.74, 6) is -0.217. The van der Waals surface area contributed by atoms with Gasteiger partial charge in [0.1, 0.15) is 35.6 Å². The minimum atomic E-state index is -0.984. The van der Waals surface area contributed by atoms with Crippen LogP contribution >= 0.6 is 34.3 Å². The smallest absolute Gasteiger partial charge is 0.246 e. The number of carbonyl (C=O) groups is 4. The molecule has 7 rings (SSSR count). The Morgan fingerprint density at radius 1 is 0.926 bits per heavy atom. The Labute approximate surface area is 409 Å². The standard InChI is InChI=1S/C49H60ClN9O7S2/c1-27-30(4)68-48-41(27)42(33-14-16-35(50)17-15-33)54-37(45-57-56-31(5)59(45)48)23-39(61)51-18-21-65-19-9-20-66-25-40(62)55-44(49(6,7)8)47(64)58-24-36(60)22-38(58)46(63)53-28(2)32-10-12-34(13-11-32)43-29(3)52-26-67-43/h10-17,26,28,36-38,44,60H,9,18-25H2,1-8H3,(H,51,61)(H,53,63)(H,55,62)/t28-,36+,37-,38?,44?/m0/s1. The number of β-amino-alcohol motifs (C(OH)–C–C–N with tert-alkyl or cyclic N) is 1. The van der Waals surface area contributed by atoms with E-state index in [1.165, 1.54) is 4.90 Å². The molecule has 19 heteroatoms. The number of ether oxygens (including phenoxy) is 2. The number of aromatic nitrogens is 4. The van der Waals surface area contributed by atoms with Crippen molar-refractivity contribution < 1.29 is 33.8 Å². The molecule has 5 atom stereocenters. The Bertz CT molecular complexity index is 2640. The first-order valence-corrected chi connectivity index (χ1v) is 24.9. The van der Waals surface area contributed by atoms with Gasteiger partial charge in [0.15, 0.2) is 5.82 Å². The lowest BCUT2D eigenvalue weighted by Crippen LogP contribution is -2.58. The highest BCUT2D eigenvalue weighted by atomic mass is 35.5. The number of aliphatic hydroxyl groups excluding tert-OH is 1. The molecule has 16 nitrogen and oxygen atoms in total. The number of likely N-dealkylation sites (tertiary alicyclic amines) is 1. The van der Waals surface area contributed by atoms with Gasteiger partial charge < -0.3 is 35.4 Å². The molecule has 362 valence electrons. The molecule has 5 aromatic rings. The zero-order chi connectivity index (χ0) is 48.9. The molecule has 3 aromatic heterocycles. The van der Waals surface area contributed by atoms with Crippen molar-refractivity contribution >= 4 is 63.6 Å². The predicted octanol–water partition coefficient (Wildman–Crippen LogP) is 6.53. The molecular weight excluding hydrogens is 926 g/mol. The van der Waals surface area contributed by atoms with Crippen molar-refractivity contribution in [3.8, 4) is 15.4 Å². The van der Waals surface area contributed by atoms with Crippen LogP contribution in [0, 0.1) is 33.1 Å². The zero-order valence-electron chi connectivity index (χ0n) is 39.7. The molecule has 2 aliphatic heterocycles. The summed E-state index contributed by atoms with van der Waals surface area (Å²) in [5, 5.41) is 29.9. The lowest BCUT2D eigenvalue weighted by atomic mass is 9.85. The van der Waals surface area contributed by atoms with Crippen molar-refractivity contribution in [1.82, 2.24) is 40.6 Å². The molecule has 1 saturated heterocycles. The molecule has 4 amide bonds. The van der Waals surface area contributed by atoms with Crippen LogP contribution < -0.4 is 16.0 Å². The number of fused-ring (bicyclic) bond motifs is 3. The fourth-order valence-corrected chi connectivity index (χ4v) is 10.5. The number of halogens is 1. The van der Waals surface area contributed by atoms with Crippen LogP contribution in [0.1, 0.15) is 104 Å². The van der Waals surface area contributed by atoms with Crippen LogP contribution in [0.5, 0.6) is 0 Å². The number of benzene rings is 2. The van der Waals surface area contributed by atoms with Gasteiger partial charge in [0, 0.05) is 53.8 Å². The number of hydrogen-bond acceptors (Lipinski definition) is 13. The number of hydrogen-bond donors (Lipinski definition) is 4. The third-order valence-electron chi connectivity index (χ3n) is 12.2. The number of nitrogens with zero attached hydrogens (tertiary/aromatic N) is 6. The maximum Gasteiger partial charge on any atom is 0.246 e. The van der Waals surface area contributed by atoms with Gasteiger partial charge in [-0.15, -0.1) is 32.9 Å². The molecule has 4 N–H and O–H groups in total. The second kappa shape index (κ2) is 21.9. The number of nitrogens with one attached hydrogen (secondary N) is 3. The van der Waals surface area contributed by atoms with Gasteiger partial charge >= 0.3 is 0 Å². The molecule has 0 aliphatic carbocycles. The van der Waals surface area contributed by atoms with Crippen molar-refractivity contribution in [3.63, 3.8) is 0 Å². The normalized spacial score (nSPS) is 17.7. The topological polar surface area (TPSA) is 202 Å². The number of carbonyl (C=O) groups excluding carboxylic acids is 4. The maximum atomic E-state index is 14.1. The van der Waals surface area contributed by atoms with E-state index in [0.717, 1.165) is 54.0 Å². The molecule has 5 heterocycles. The van der Waals surface area contributed by atoms with Crippen molar-refractivity contribution in [2.45, 2.75) is 105 Å². The van der Waals surface area contributed by atoms with Gasteiger partial charge in [-0.2, -0.15) is 0 Å². The van der Waals surface area contributed by atoms with Gasteiger partial charge in [-0.25, -0.2) is 4.98 Å². The highest BCUT2D eigenvalue weighted by Gasteiger charge is 2.45. The predicted molar refractivity (Wildman–Crippen MR) is 264 cm³/mol. The third-order valence-corrected chi connectivity index (χ3v) is 14.6. The molecule has 2 unspecified atom stereocenters. The molecule has 0 bridgehead atoms. The van der Waals surface area contributed by atoms with E-state index >= 15 is 0 Å². The highest BCUT2D eigenvalue weighted by Crippen LogP contribution is 2.40. The lowest BCUT2D eigenvalue weighted by Gasteiger charge is -2.35. The quantitative estimate of drug-likeness (QED) is 0.0700. The Kier molecular flexibility index (Phi) is 16.3. The Hall–Kier alpha value is -5.37.